The SMILES string of the molecule is CCCCCCCCCCCCC#CCC/C=C\CCCCCCCCCCCCC1=C(O)[C@H](C)OC1=O. The van der Waals surface area contributed by atoms with Crippen LogP contribution in [0.4, 0.5) is 0 Å². The van der Waals surface area contributed by atoms with Crippen molar-refractivity contribution in [1.29, 1.82) is 0 Å². The third kappa shape index (κ3) is 19.4. The number of hydrogen-bond donors (Lipinski definition) is 1. The van der Waals surface area contributed by atoms with E-state index >= 15 is 0 Å². The summed E-state index contributed by atoms with van der Waals surface area (Å²) in [6, 6.07) is 0. The fourth-order valence-electron chi connectivity index (χ4n) is 5.11. The van der Waals surface area contributed by atoms with Crippen molar-refractivity contribution in [3.63, 3.8) is 0 Å². The molecule has 1 rings (SSSR count). The summed E-state index contributed by atoms with van der Waals surface area (Å²) in [5, 5.41) is 9.85. The second-order valence-electron chi connectivity index (χ2n) is 11.3. The maximum absolute atomic E-state index is 11.6. The fraction of sp³-hybridized carbons (Fsp3) is 0.800. The second-order valence-corrected chi connectivity index (χ2v) is 11.3. The highest BCUT2D eigenvalue weighted by molar-refractivity contribution is 5.91. The number of esters is 1. The van der Waals surface area contributed by atoms with Gasteiger partial charge in [-0.1, -0.05) is 128 Å². The van der Waals surface area contributed by atoms with Gasteiger partial charge in [0.15, 0.2) is 6.10 Å². The second kappa shape index (κ2) is 25.6. The van der Waals surface area contributed by atoms with Crippen LogP contribution in [0.2, 0.25) is 0 Å². The van der Waals surface area contributed by atoms with Gasteiger partial charge in [0.25, 0.3) is 0 Å². The zero-order chi connectivity index (χ0) is 27.5. The van der Waals surface area contributed by atoms with Crippen molar-refractivity contribution >= 4 is 5.97 Å². The highest BCUT2D eigenvalue weighted by atomic mass is 16.6. The van der Waals surface area contributed by atoms with Crippen molar-refractivity contribution in [3.05, 3.63) is 23.5 Å². The van der Waals surface area contributed by atoms with E-state index in [4.69, 9.17) is 4.74 Å². The summed E-state index contributed by atoms with van der Waals surface area (Å²) in [6.45, 7) is 4.00. The number of hydrogen-bond acceptors (Lipinski definition) is 3. The lowest BCUT2D eigenvalue weighted by molar-refractivity contribution is -0.139. The number of aliphatic hydroxyl groups is 1. The molecule has 0 saturated carbocycles. The Labute approximate surface area is 236 Å². The molecule has 1 atom stereocenters. The largest absolute Gasteiger partial charge is 0.508 e. The van der Waals surface area contributed by atoms with Crippen molar-refractivity contribution in [2.24, 2.45) is 0 Å². The van der Waals surface area contributed by atoms with Gasteiger partial charge in [-0.3, -0.25) is 0 Å². The molecule has 0 aromatic heterocycles. The standard InChI is InChI=1S/C35H60O3/c1-3-4-5-6-7-8-9-10-11-12-13-14-15-16-17-18-19-20-21-22-23-24-25-26-27-28-29-30-31-33-34(36)32(2)38-35(33)37/h18-19,32,36H,3-13,16-17,20-31H2,1-2H3/b19-18-/t32-/m0/s1. The Kier molecular flexibility index (Phi) is 23.1. The molecule has 1 aliphatic rings. The summed E-state index contributed by atoms with van der Waals surface area (Å²) in [5.41, 5.74) is 0.496. The van der Waals surface area contributed by atoms with Gasteiger partial charge < -0.3 is 9.84 Å². The molecular formula is C35H60O3. The molecule has 0 spiro atoms. The van der Waals surface area contributed by atoms with Gasteiger partial charge in [0, 0.05) is 12.8 Å². The van der Waals surface area contributed by atoms with Crippen LogP contribution in [0, 0.1) is 11.8 Å². The third-order valence-electron chi connectivity index (χ3n) is 7.66. The molecule has 3 nitrogen and oxygen atoms in total. The molecule has 1 aliphatic heterocycles. The molecule has 0 aromatic carbocycles. The van der Waals surface area contributed by atoms with Gasteiger partial charge in [0.2, 0.25) is 0 Å². The summed E-state index contributed by atoms with van der Waals surface area (Å²) in [4.78, 5) is 11.6. The number of rotatable bonds is 25. The van der Waals surface area contributed by atoms with Gasteiger partial charge in [-0.05, 0) is 45.4 Å². The zero-order valence-corrected chi connectivity index (χ0v) is 25.2. The molecule has 0 bridgehead atoms. The minimum Gasteiger partial charge on any atom is -0.508 e. The van der Waals surface area contributed by atoms with Gasteiger partial charge >= 0.3 is 5.97 Å². The molecule has 3 heteroatoms. The monoisotopic (exact) mass is 528 g/mol. The minimum atomic E-state index is -0.456. The van der Waals surface area contributed by atoms with E-state index in [0.717, 1.165) is 32.1 Å². The Balaban J connectivity index is 1.76. The summed E-state index contributed by atoms with van der Waals surface area (Å²) >= 11 is 0. The number of unbranched alkanes of at least 4 members (excludes halogenated alkanes) is 21. The van der Waals surface area contributed by atoms with Crippen LogP contribution in [0.3, 0.4) is 0 Å². The molecular weight excluding hydrogens is 468 g/mol. The molecule has 38 heavy (non-hydrogen) atoms. The third-order valence-corrected chi connectivity index (χ3v) is 7.66. The van der Waals surface area contributed by atoms with E-state index in [-0.39, 0.29) is 11.7 Å². The molecule has 0 fully saturated rings. The molecule has 0 amide bonds. The maximum Gasteiger partial charge on any atom is 0.338 e. The van der Waals surface area contributed by atoms with Gasteiger partial charge in [-0.2, -0.15) is 0 Å². The summed E-state index contributed by atoms with van der Waals surface area (Å²) < 4.78 is 5.03. The molecule has 0 aliphatic carbocycles. The lowest BCUT2D eigenvalue weighted by atomic mass is 10.0. The van der Waals surface area contributed by atoms with Crippen LogP contribution >= 0.6 is 0 Å². The highest BCUT2D eigenvalue weighted by Gasteiger charge is 2.30. The Morgan fingerprint density at radius 2 is 1.13 bits per heavy atom. The number of allylic oxidation sites excluding steroid dienone is 2. The van der Waals surface area contributed by atoms with E-state index < -0.39 is 6.10 Å². The van der Waals surface area contributed by atoms with E-state index in [0.29, 0.717) is 12.0 Å². The molecule has 0 unspecified atom stereocenters. The number of aliphatic hydroxyl groups excluding tert-OH is 1. The molecule has 218 valence electrons. The average molecular weight is 529 g/mol. The Morgan fingerprint density at radius 1 is 0.658 bits per heavy atom. The first-order valence-electron chi connectivity index (χ1n) is 16.4. The van der Waals surface area contributed by atoms with Crippen LogP contribution in [-0.4, -0.2) is 17.2 Å². The van der Waals surface area contributed by atoms with E-state index in [1.807, 2.05) is 0 Å². The van der Waals surface area contributed by atoms with Crippen LogP contribution in [0.25, 0.3) is 0 Å². The Bertz CT molecular complexity index is 694. The first-order chi connectivity index (χ1) is 18.7. The Hall–Kier alpha value is -1.69. The maximum atomic E-state index is 11.6. The summed E-state index contributed by atoms with van der Waals surface area (Å²) in [6.07, 6.45) is 35.8. The summed E-state index contributed by atoms with van der Waals surface area (Å²) in [5.74, 6) is 6.53. The molecule has 1 heterocycles. The molecule has 1 N–H and O–H groups in total. The number of carbonyl (C=O) groups excluding carboxylic acids is 1. The Morgan fingerprint density at radius 3 is 1.68 bits per heavy atom. The number of ether oxygens (including phenoxy) is 1. The van der Waals surface area contributed by atoms with Crippen LogP contribution in [-0.2, 0) is 9.53 Å². The quantitative estimate of drug-likeness (QED) is 0.0554. The van der Waals surface area contributed by atoms with E-state index in [1.54, 1.807) is 6.92 Å². The number of carbonyl (C=O) groups is 1. The van der Waals surface area contributed by atoms with Crippen LogP contribution in [0.5, 0.6) is 0 Å². The topological polar surface area (TPSA) is 46.5 Å². The van der Waals surface area contributed by atoms with Crippen LogP contribution < -0.4 is 0 Å². The fourth-order valence-corrected chi connectivity index (χ4v) is 5.11. The van der Waals surface area contributed by atoms with Crippen molar-refractivity contribution in [2.75, 3.05) is 0 Å². The average Bonchev–Trinajstić information content (AvgIpc) is 3.15. The first-order valence-corrected chi connectivity index (χ1v) is 16.4. The molecule has 0 radical (unpaired) electrons. The van der Waals surface area contributed by atoms with Gasteiger partial charge in [0.1, 0.15) is 5.76 Å². The van der Waals surface area contributed by atoms with Crippen molar-refractivity contribution in [2.45, 2.75) is 180 Å². The normalized spacial score (nSPS) is 15.3. The molecule has 0 saturated heterocycles. The lowest BCUT2D eigenvalue weighted by Crippen LogP contribution is -2.05. The van der Waals surface area contributed by atoms with Gasteiger partial charge in [-0.15, -0.1) is 11.8 Å². The summed E-state index contributed by atoms with van der Waals surface area (Å²) in [7, 11) is 0. The minimum absolute atomic E-state index is 0.143. The lowest BCUT2D eigenvalue weighted by Gasteiger charge is -2.03. The van der Waals surface area contributed by atoms with Crippen LogP contribution in [0.1, 0.15) is 174 Å². The van der Waals surface area contributed by atoms with Crippen molar-refractivity contribution in [1.82, 2.24) is 0 Å². The van der Waals surface area contributed by atoms with Crippen molar-refractivity contribution < 1.29 is 14.6 Å². The van der Waals surface area contributed by atoms with E-state index in [2.05, 4.69) is 30.9 Å². The van der Waals surface area contributed by atoms with E-state index in [1.165, 1.54) is 122 Å². The predicted octanol–water partition coefficient (Wildman–Crippen LogP) is 11.1. The predicted molar refractivity (Wildman–Crippen MR) is 163 cm³/mol. The zero-order valence-electron chi connectivity index (χ0n) is 25.2. The first kappa shape index (κ1) is 34.3. The van der Waals surface area contributed by atoms with Crippen LogP contribution in [0.15, 0.2) is 23.5 Å². The highest BCUT2D eigenvalue weighted by Crippen LogP contribution is 2.25. The smallest absolute Gasteiger partial charge is 0.338 e. The van der Waals surface area contributed by atoms with Crippen molar-refractivity contribution in [3.8, 4) is 11.8 Å². The number of cyclic esters (lactones) is 1. The van der Waals surface area contributed by atoms with Gasteiger partial charge in [-0.25, -0.2) is 4.79 Å². The van der Waals surface area contributed by atoms with E-state index in [9.17, 15) is 9.90 Å². The van der Waals surface area contributed by atoms with Gasteiger partial charge in [0.05, 0.1) is 5.57 Å². The molecule has 0 aromatic rings.